The zero-order valence-corrected chi connectivity index (χ0v) is 18.1. The summed E-state index contributed by atoms with van der Waals surface area (Å²) < 4.78 is 1.25. The van der Waals surface area contributed by atoms with Crippen LogP contribution in [-0.4, -0.2) is 47.0 Å². The average molecular weight is 433 g/mol. The number of hydrogen-bond acceptors (Lipinski definition) is 7. The summed E-state index contributed by atoms with van der Waals surface area (Å²) in [5.74, 6) is 0.436. The fourth-order valence-electron chi connectivity index (χ4n) is 3.90. The number of amides is 1. The van der Waals surface area contributed by atoms with E-state index in [1.807, 2.05) is 41.8 Å². The highest BCUT2D eigenvalue weighted by Gasteiger charge is 2.14. The molecule has 0 aliphatic carbocycles. The van der Waals surface area contributed by atoms with Gasteiger partial charge in [-0.1, -0.05) is 6.07 Å². The maximum atomic E-state index is 11.3. The molecule has 31 heavy (non-hydrogen) atoms. The van der Waals surface area contributed by atoms with Crippen LogP contribution in [0, 0.1) is 0 Å². The highest BCUT2D eigenvalue weighted by atomic mass is 32.1. The van der Waals surface area contributed by atoms with E-state index in [4.69, 9.17) is 4.98 Å². The Morgan fingerprint density at radius 2 is 2.00 bits per heavy atom. The number of nitrogens with one attached hydrogen (secondary N) is 3. The third kappa shape index (κ3) is 4.51. The van der Waals surface area contributed by atoms with Gasteiger partial charge in [-0.2, -0.15) is 0 Å². The van der Waals surface area contributed by atoms with Crippen molar-refractivity contribution < 1.29 is 4.79 Å². The lowest BCUT2D eigenvalue weighted by molar-refractivity contribution is -0.114. The highest BCUT2D eigenvalue weighted by Crippen LogP contribution is 2.32. The van der Waals surface area contributed by atoms with Crippen LogP contribution in [0.2, 0.25) is 0 Å². The highest BCUT2D eigenvalue weighted by molar-refractivity contribution is 7.19. The van der Waals surface area contributed by atoms with Crippen LogP contribution >= 0.6 is 11.3 Å². The number of thiophene rings is 1. The first-order valence-corrected chi connectivity index (χ1v) is 11.2. The third-order valence-electron chi connectivity index (χ3n) is 5.33. The molecule has 7 nitrogen and oxygen atoms in total. The van der Waals surface area contributed by atoms with Gasteiger partial charge in [-0.25, -0.2) is 9.97 Å². The van der Waals surface area contributed by atoms with Gasteiger partial charge in [0.05, 0.1) is 5.52 Å². The predicted molar refractivity (Wildman–Crippen MR) is 127 cm³/mol. The van der Waals surface area contributed by atoms with Crippen molar-refractivity contribution in [2.45, 2.75) is 13.5 Å². The molecule has 3 N–H and O–H groups in total. The van der Waals surface area contributed by atoms with Crippen molar-refractivity contribution in [2.24, 2.45) is 0 Å². The summed E-state index contributed by atoms with van der Waals surface area (Å²) in [6.07, 6.45) is 1.86. The molecular weight excluding hydrogens is 408 g/mol. The molecule has 0 atom stereocenters. The Labute approximate surface area is 184 Å². The minimum atomic E-state index is -0.101. The quantitative estimate of drug-likeness (QED) is 0.443. The van der Waals surface area contributed by atoms with Gasteiger partial charge < -0.3 is 16.0 Å². The second-order valence-corrected chi connectivity index (χ2v) is 8.90. The summed E-state index contributed by atoms with van der Waals surface area (Å²) in [7, 11) is 0. The standard InChI is InChI=1S/C23H24N6OS/c1-15(30)26-17-3-2-4-18(11-17)27-23-25-13-16-5-6-21-20(22(16)28-23)12-19(31-21)14-29-9-7-24-8-10-29/h2-6,11-13,24H,7-10,14H2,1H3,(H,26,30)(H,25,27,28). The normalized spacial score (nSPS) is 14.7. The number of piperazine rings is 1. The first kappa shape index (κ1) is 19.9. The number of fused-ring (bicyclic) bond motifs is 3. The minimum Gasteiger partial charge on any atom is -0.326 e. The van der Waals surface area contributed by atoms with Crippen LogP contribution in [0.3, 0.4) is 0 Å². The van der Waals surface area contributed by atoms with Crippen LogP contribution in [0.15, 0.2) is 48.7 Å². The molecule has 1 aliphatic heterocycles. The van der Waals surface area contributed by atoms with E-state index in [9.17, 15) is 4.79 Å². The Kier molecular flexibility index (Phi) is 5.50. The van der Waals surface area contributed by atoms with Crippen molar-refractivity contribution in [2.75, 3.05) is 36.8 Å². The molecule has 2 aromatic heterocycles. The number of carbonyl (C=O) groups excluding carboxylic acids is 1. The SMILES string of the molecule is CC(=O)Nc1cccc(Nc2ncc3ccc4sc(CN5CCNCC5)cc4c3n2)c1. The number of anilines is 3. The maximum absolute atomic E-state index is 11.3. The lowest BCUT2D eigenvalue weighted by Gasteiger charge is -2.26. The summed E-state index contributed by atoms with van der Waals surface area (Å²) in [5.41, 5.74) is 2.51. The van der Waals surface area contributed by atoms with Gasteiger partial charge in [-0.3, -0.25) is 9.69 Å². The Bertz CT molecular complexity index is 1250. The molecule has 1 amide bonds. The fourth-order valence-corrected chi connectivity index (χ4v) is 5.00. The van der Waals surface area contributed by atoms with Crippen LogP contribution < -0.4 is 16.0 Å². The van der Waals surface area contributed by atoms with E-state index in [0.717, 1.165) is 55.0 Å². The summed E-state index contributed by atoms with van der Waals surface area (Å²) in [5, 5.41) is 11.7. The Balaban J connectivity index is 1.44. The van der Waals surface area contributed by atoms with Crippen molar-refractivity contribution in [1.82, 2.24) is 20.2 Å². The fraction of sp³-hybridized carbons (Fsp3) is 0.261. The Morgan fingerprint density at radius 3 is 2.84 bits per heavy atom. The summed E-state index contributed by atoms with van der Waals surface area (Å²) in [6.45, 7) is 6.76. The summed E-state index contributed by atoms with van der Waals surface area (Å²) >= 11 is 1.84. The second kappa shape index (κ2) is 8.58. The van der Waals surface area contributed by atoms with Crippen molar-refractivity contribution in [3.05, 3.63) is 53.5 Å². The average Bonchev–Trinajstić information content (AvgIpc) is 3.17. The minimum absolute atomic E-state index is 0.101. The van der Waals surface area contributed by atoms with Crippen molar-refractivity contribution in [3.8, 4) is 0 Å². The molecule has 0 spiro atoms. The number of nitrogens with zero attached hydrogens (tertiary/aromatic N) is 3. The van der Waals surface area contributed by atoms with E-state index in [1.54, 1.807) is 0 Å². The molecule has 0 saturated carbocycles. The topological polar surface area (TPSA) is 82.2 Å². The van der Waals surface area contributed by atoms with Crippen LogP contribution in [0.1, 0.15) is 11.8 Å². The monoisotopic (exact) mass is 432 g/mol. The molecule has 0 radical (unpaired) electrons. The zero-order valence-electron chi connectivity index (χ0n) is 17.3. The Hall–Kier alpha value is -3.07. The van der Waals surface area contributed by atoms with E-state index in [0.29, 0.717) is 5.95 Å². The van der Waals surface area contributed by atoms with E-state index in [1.165, 1.54) is 21.9 Å². The molecule has 0 bridgehead atoms. The van der Waals surface area contributed by atoms with Gasteiger partial charge in [-0.05, 0) is 36.4 Å². The number of carbonyl (C=O) groups is 1. The molecule has 1 aliphatic rings. The van der Waals surface area contributed by atoms with E-state index < -0.39 is 0 Å². The molecule has 3 heterocycles. The van der Waals surface area contributed by atoms with Gasteiger partial charge in [0.2, 0.25) is 11.9 Å². The molecule has 8 heteroatoms. The number of aromatic nitrogens is 2. The van der Waals surface area contributed by atoms with Crippen LogP contribution in [-0.2, 0) is 11.3 Å². The molecular formula is C23H24N6OS. The smallest absolute Gasteiger partial charge is 0.227 e. The first-order valence-electron chi connectivity index (χ1n) is 10.4. The predicted octanol–water partition coefficient (Wildman–Crippen LogP) is 3.95. The van der Waals surface area contributed by atoms with E-state index >= 15 is 0 Å². The molecule has 5 rings (SSSR count). The lowest BCUT2D eigenvalue weighted by Crippen LogP contribution is -2.42. The van der Waals surface area contributed by atoms with Gasteiger partial charge in [0.15, 0.2) is 0 Å². The zero-order chi connectivity index (χ0) is 21.2. The van der Waals surface area contributed by atoms with Crippen LogP contribution in [0.25, 0.3) is 21.0 Å². The van der Waals surface area contributed by atoms with Gasteiger partial charge in [0.1, 0.15) is 0 Å². The Morgan fingerprint density at radius 1 is 1.16 bits per heavy atom. The van der Waals surface area contributed by atoms with Crippen molar-refractivity contribution >= 4 is 55.6 Å². The van der Waals surface area contributed by atoms with E-state index in [2.05, 4.69) is 44.0 Å². The first-order chi connectivity index (χ1) is 15.1. The molecule has 1 saturated heterocycles. The van der Waals surface area contributed by atoms with Crippen LogP contribution in [0.4, 0.5) is 17.3 Å². The van der Waals surface area contributed by atoms with Gasteiger partial charge >= 0.3 is 0 Å². The molecule has 158 valence electrons. The van der Waals surface area contributed by atoms with Gasteiger partial charge in [0, 0.05) is 77.6 Å². The summed E-state index contributed by atoms with van der Waals surface area (Å²) in [6, 6.07) is 14.1. The maximum Gasteiger partial charge on any atom is 0.227 e. The third-order valence-corrected chi connectivity index (χ3v) is 6.41. The molecule has 1 fully saturated rings. The van der Waals surface area contributed by atoms with Crippen LogP contribution in [0.5, 0.6) is 0 Å². The van der Waals surface area contributed by atoms with Gasteiger partial charge in [0.25, 0.3) is 0 Å². The second-order valence-electron chi connectivity index (χ2n) is 7.73. The summed E-state index contributed by atoms with van der Waals surface area (Å²) in [4.78, 5) is 24.5. The van der Waals surface area contributed by atoms with Crippen molar-refractivity contribution in [1.29, 1.82) is 0 Å². The molecule has 4 aromatic rings. The largest absolute Gasteiger partial charge is 0.326 e. The number of rotatable bonds is 5. The van der Waals surface area contributed by atoms with Gasteiger partial charge in [-0.15, -0.1) is 11.3 Å². The van der Waals surface area contributed by atoms with Crippen molar-refractivity contribution in [3.63, 3.8) is 0 Å². The lowest BCUT2D eigenvalue weighted by atomic mass is 10.2. The molecule has 2 aromatic carbocycles. The number of hydrogen-bond donors (Lipinski definition) is 3. The van der Waals surface area contributed by atoms with E-state index in [-0.39, 0.29) is 5.91 Å². The number of benzene rings is 2. The molecule has 0 unspecified atom stereocenters.